The third-order valence-corrected chi connectivity index (χ3v) is 0.855. The summed E-state index contributed by atoms with van der Waals surface area (Å²) in [5.41, 5.74) is 0.428. The molecule has 0 spiro atoms. The van der Waals surface area contributed by atoms with Crippen molar-refractivity contribution < 1.29 is 14.0 Å². The van der Waals surface area contributed by atoms with Crippen LogP contribution >= 0.6 is 12.6 Å². The summed E-state index contributed by atoms with van der Waals surface area (Å²) in [6.07, 6.45) is 0. The maximum atomic E-state index is 10.5. The first kappa shape index (κ1) is 16.0. The quantitative estimate of drug-likeness (QED) is 0.336. The Labute approximate surface area is 92.7 Å². The maximum absolute atomic E-state index is 10.5. The van der Waals surface area contributed by atoms with Gasteiger partial charge in [-0.3, -0.25) is 0 Å². The van der Waals surface area contributed by atoms with Crippen LogP contribution in [0.5, 0.6) is 0 Å². The standard InChI is InChI=1S/C6H10O2S.C4H12N/c1-5(2)6(7)8-3-4-9;1-5(2,3)4/h9H,1,3-4H2,2H3;1-4H3/q;+1. The fourth-order valence-electron chi connectivity index (χ4n) is 0.262. The molecule has 0 aliphatic heterocycles. The van der Waals surface area contributed by atoms with E-state index in [-0.39, 0.29) is 5.97 Å². The van der Waals surface area contributed by atoms with Gasteiger partial charge in [-0.15, -0.1) is 0 Å². The van der Waals surface area contributed by atoms with Crippen molar-refractivity contribution in [2.75, 3.05) is 40.6 Å². The number of rotatable bonds is 3. The maximum Gasteiger partial charge on any atom is 0.333 e. The smallest absolute Gasteiger partial charge is 0.333 e. The van der Waals surface area contributed by atoms with Gasteiger partial charge in [-0.2, -0.15) is 12.6 Å². The zero-order valence-electron chi connectivity index (χ0n) is 9.83. The molecule has 0 aromatic carbocycles. The Kier molecular flexibility index (Phi) is 8.99. The summed E-state index contributed by atoms with van der Waals surface area (Å²) in [5.74, 6) is 0.211. The average Bonchev–Trinajstić information content (AvgIpc) is 1.96. The normalized spacial score (nSPS) is 9.86. The molecule has 4 heteroatoms. The molecule has 0 fully saturated rings. The molecular weight excluding hydrogens is 198 g/mol. The number of esters is 1. The van der Waals surface area contributed by atoms with E-state index in [1.807, 2.05) is 0 Å². The second-order valence-corrected chi connectivity index (χ2v) is 4.77. The van der Waals surface area contributed by atoms with E-state index in [4.69, 9.17) is 0 Å². The fraction of sp³-hybridized carbons (Fsp3) is 0.700. The van der Waals surface area contributed by atoms with Crippen LogP contribution in [-0.2, 0) is 9.53 Å². The van der Waals surface area contributed by atoms with Crippen LogP contribution in [-0.4, -0.2) is 51.0 Å². The Hall–Kier alpha value is -0.480. The van der Waals surface area contributed by atoms with Crippen LogP contribution in [0.1, 0.15) is 6.92 Å². The van der Waals surface area contributed by atoms with Crippen molar-refractivity contribution in [2.45, 2.75) is 6.92 Å². The van der Waals surface area contributed by atoms with E-state index in [0.29, 0.717) is 17.9 Å². The Morgan fingerprint density at radius 3 is 1.93 bits per heavy atom. The third kappa shape index (κ3) is 22.5. The van der Waals surface area contributed by atoms with Gasteiger partial charge in [0.25, 0.3) is 0 Å². The van der Waals surface area contributed by atoms with Crippen LogP contribution < -0.4 is 0 Å². The van der Waals surface area contributed by atoms with Gasteiger partial charge in [0, 0.05) is 11.3 Å². The molecule has 0 N–H and O–H groups in total. The van der Waals surface area contributed by atoms with E-state index in [1.54, 1.807) is 6.92 Å². The van der Waals surface area contributed by atoms with Gasteiger partial charge >= 0.3 is 5.97 Å². The van der Waals surface area contributed by atoms with E-state index in [0.717, 1.165) is 4.48 Å². The largest absolute Gasteiger partial charge is 0.461 e. The molecule has 0 rings (SSSR count). The molecule has 0 saturated heterocycles. The van der Waals surface area contributed by atoms with Crippen molar-refractivity contribution in [3.8, 4) is 0 Å². The molecule has 0 amide bonds. The van der Waals surface area contributed by atoms with Crippen LogP contribution in [0.15, 0.2) is 12.2 Å². The minimum atomic E-state index is -0.343. The molecule has 0 aromatic heterocycles. The lowest BCUT2D eigenvalue weighted by Gasteiger charge is -2.14. The Balaban J connectivity index is 0. The first-order valence-electron chi connectivity index (χ1n) is 4.41. The molecule has 3 nitrogen and oxygen atoms in total. The van der Waals surface area contributed by atoms with Gasteiger partial charge in [0.05, 0.1) is 28.2 Å². The van der Waals surface area contributed by atoms with Crippen LogP contribution in [0.4, 0.5) is 0 Å². The first-order chi connectivity index (χ1) is 6.18. The minimum absolute atomic E-state index is 0.343. The monoisotopic (exact) mass is 220 g/mol. The van der Waals surface area contributed by atoms with Crippen molar-refractivity contribution in [1.82, 2.24) is 0 Å². The highest BCUT2D eigenvalue weighted by Gasteiger charge is 1.99. The van der Waals surface area contributed by atoms with Crippen molar-refractivity contribution in [2.24, 2.45) is 0 Å². The molecule has 0 heterocycles. The van der Waals surface area contributed by atoms with E-state index < -0.39 is 0 Å². The average molecular weight is 220 g/mol. The number of thiol groups is 1. The predicted molar refractivity (Wildman–Crippen MR) is 63.6 cm³/mol. The summed E-state index contributed by atoms with van der Waals surface area (Å²) >= 11 is 3.86. The summed E-state index contributed by atoms with van der Waals surface area (Å²) in [6.45, 7) is 5.38. The molecule has 0 saturated carbocycles. The number of nitrogens with zero attached hydrogens (tertiary/aromatic N) is 1. The SMILES string of the molecule is C=C(C)C(=O)OCCS.C[N+](C)(C)C. The number of ether oxygens (including phenoxy) is 1. The van der Waals surface area contributed by atoms with Crippen LogP contribution in [0.25, 0.3) is 0 Å². The van der Waals surface area contributed by atoms with Crippen LogP contribution in [0.2, 0.25) is 0 Å². The number of carbonyl (C=O) groups excluding carboxylic acids is 1. The van der Waals surface area contributed by atoms with Gasteiger partial charge in [0.15, 0.2) is 0 Å². The molecule has 0 radical (unpaired) electrons. The number of quaternary nitrogens is 1. The number of hydrogen-bond donors (Lipinski definition) is 1. The van der Waals surface area contributed by atoms with E-state index in [9.17, 15) is 4.79 Å². The lowest BCUT2D eigenvalue weighted by atomic mass is 10.4. The summed E-state index contributed by atoms with van der Waals surface area (Å²) in [6, 6.07) is 0. The number of carbonyl (C=O) groups is 1. The molecule has 0 aliphatic carbocycles. The highest BCUT2D eigenvalue weighted by molar-refractivity contribution is 7.80. The zero-order chi connectivity index (χ0) is 11.8. The van der Waals surface area contributed by atoms with Crippen molar-refractivity contribution in [3.63, 3.8) is 0 Å². The summed E-state index contributed by atoms with van der Waals surface area (Å²) in [4.78, 5) is 10.5. The second kappa shape index (κ2) is 7.88. The van der Waals surface area contributed by atoms with E-state index >= 15 is 0 Å². The second-order valence-electron chi connectivity index (χ2n) is 4.32. The molecule has 0 bridgehead atoms. The molecular formula is C10H22NO2S+. The zero-order valence-corrected chi connectivity index (χ0v) is 10.7. The van der Waals surface area contributed by atoms with E-state index in [2.05, 4.69) is 52.1 Å². The number of hydrogen-bond acceptors (Lipinski definition) is 3. The van der Waals surface area contributed by atoms with Crippen molar-refractivity contribution in [3.05, 3.63) is 12.2 Å². The van der Waals surface area contributed by atoms with Gasteiger partial charge in [0.1, 0.15) is 6.61 Å². The third-order valence-electron chi connectivity index (χ3n) is 0.673. The first-order valence-corrected chi connectivity index (χ1v) is 5.04. The molecule has 84 valence electrons. The summed E-state index contributed by atoms with van der Waals surface area (Å²) in [7, 11) is 8.50. The topological polar surface area (TPSA) is 26.3 Å². The van der Waals surface area contributed by atoms with Crippen molar-refractivity contribution in [1.29, 1.82) is 0 Å². The van der Waals surface area contributed by atoms with E-state index in [1.165, 1.54) is 0 Å². The minimum Gasteiger partial charge on any atom is -0.461 e. The highest BCUT2D eigenvalue weighted by atomic mass is 32.1. The Morgan fingerprint density at radius 2 is 1.71 bits per heavy atom. The van der Waals surface area contributed by atoms with Gasteiger partial charge in [-0.25, -0.2) is 4.79 Å². The molecule has 14 heavy (non-hydrogen) atoms. The lowest BCUT2D eigenvalue weighted by Crippen LogP contribution is -2.27. The Morgan fingerprint density at radius 1 is 1.36 bits per heavy atom. The van der Waals surface area contributed by atoms with Gasteiger partial charge in [-0.05, 0) is 6.92 Å². The van der Waals surface area contributed by atoms with Gasteiger partial charge in [-0.1, -0.05) is 6.58 Å². The molecule has 0 atom stereocenters. The summed E-state index contributed by atoms with van der Waals surface area (Å²) in [5, 5.41) is 0. The molecule has 0 aliphatic rings. The molecule has 0 aromatic rings. The highest BCUT2D eigenvalue weighted by Crippen LogP contribution is 1.91. The fourth-order valence-corrected chi connectivity index (χ4v) is 0.353. The lowest BCUT2D eigenvalue weighted by molar-refractivity contribution is -0.849. The Bertz CT molecular complexity index is 179. The predicted octanol–water partition coefficient (Wildman–Crippen LogP) is 1.36. The van der Waals surface area contributed by atoms with Gasteiger partial charge < -0.3 is 9.22 Å². The van der Waals surface area contributed by atoms with Crippen molar-refractivity contribution >= 4 is 18.6 Å². The summed E-state index contributed by atoms with van der Waals surface area (Å²) < 4.78 is 5.64. The molecule has 0 unspecified atom stereocenters. The van der Waals surface area contributed by atoms with Gasteiger partial charge in [0.2, 0.25) is 0 Å². The van der Waals surface area contributed by atoms with Crippen LogP contribution in [0.3, 0.4) is 0 Å². The van der Waals surface area contributed by atoms with Crippen LogP contribution in [0, 0.1) is 0 Å².